The van der Waals surface area contributed by atoms with Crippen molar-refractivity contribution in [2.24, 2.45) is 0 Å². The number of amides is 1. The molecule has 5 nitrogen and oxygen atoms in total. The zero-order chi connectivity index (χ0) is 12.1. The number of rotatable bonds is 4. The molecule has 0 aromatic carbocycles. The van der Waals surface area contributed by atoms with Crippen LogP contribution < -0.4 is 5.32 Å². The first-order valence-corrected chi connectivity index (χ1v) is 6.11. The number of ether oxygens (including phenoxy) is 1. The predicted octanol–water partition coefficient (Wildman–Crippen LogP) is 1.03. The van der Waals surface area contributed by atoms with Crippen molar-refractivity contribution in [1.29, 1.82) is 0 Å². The monoisotopic (exact) mass is 237 g/mol. The van der Waals surface area contributed by atoms with Crippen molar-refractivity contribution in [3.8, 4) is 0 Å². The van der Waals surface area contributed by atoms with Gasteiger partial charge in [0.05, 0.1) is 0 Å². The minimum atomic E-state index is -0.637. The molecule has 1 saturated heterocycles. The lowest BCUT2D eigenvalue weighted by Crippen LogP contribution is -2.48. The third-order valence-electron chi connectivity index (χ3n) is 3.15. The normalized spacial score (nSPS) is 24.5. The number of nitrogens with one attached hydrogen (secondary N) is 2. The van der Waals surface area contributed by atoms with Crippen LogP contribution >= 0.6 is 0 Å². The van der Waals surface area contributed by atoms with Gasteiger partial charge < -0.3 is 15.0 Å². The predicted molar refractivity (Wildman–Crippen MR) is 63.5 cm³/mol. The SMILES string of the molecule is CC1(C(=O)NCCc2ncc[nH]2)CCCCO1. The molecular formula is C12H19N3O2. The number of hydrogen-bond donors (Lipinski definition) is 2. The Kier molecular flexibility index (Phi) is 3.78. The van der Waals surface area contributed by atoms with E-state index in [0.29, 0.717) is 13.2 Å². The molecule has 0 spiro atoms. The first kappa shape index (κ1) is 12.1. The van der Waals surface area contributed by atoms with Crippen LogP contribution in [0.4, 0.5) is 0 Å². The summed E-state index contributed by atoms with van der Waals surface area (Å²) in [6.07, 6.45) is 7.12. The quantitative estimate of drug-likeness (QED) is 0.822. The molecule has 2 rings (SSSR count). The fraction of sp³-hybridized carbons (Fsp3) is 0.667. The minimum Gasteiger partial charge on any atom is -0.365 e. The fourth-order valence-corrected chi connectivity index (χ4v) is 2.03. The molecule has 2 heterocycles. The van der Waals surface area contributed by atoms with Gasteiger partial charge in [-0.3, -0.25) is 4.79 Å². The maximum absolute atomic E-state index is 12.0. The third-order valence-corrected chi connectivity index (χ3v) is 3.15. The summed E-state index contributed by atoms with van der Waals surface area (Å²) in [4.78, 5) is 19.1. The average molecular weight is 237 g/mol. The largest absolute Gasteiger partial charge is 0.365 e. The Bertz CT molecular complexity index is 356. The van der Waals surface area contributed by atoms with Gasteiger partial charge in [-0.15, -0.1) is 0 Å². The Morgan fingerprint density at radius 2 is 2.53 bits per heavy atom. The molecule has 1 fully saturated rings. The summed E-state index contributed by atoms with van der Waals surface area (Å²) in [6, 6.07) is 0. The summed E-state index contributed by atoms with van der Waals surface area (Å²) >= 11 is 0. The Hall–Kier alpha value is -1.36. The second kappa shape index (κ2) is 5.31. The van der Waals surface area contributed by atoms with Crippen molar-refractivity contribution in [3.63, 3.8) is 0 Å². The fourth-order valence-electron chi connectivity index (χ4n) is 2.03. The third kappa shape index (κ3) is 3.06. The molecule has 0 radical (unpaired) electrons. The van der Waals surface area contributed by atoms with Crippen LogP contribution in [0.2, 0.25) is 0 Å². The molecule has 0 saturated carbocycles. The van der Waals surface area contributed by atoms with Crippen molar-refractivity contribution in [3.05, 3.63) is 18.2 Å². The van der Waals surface area contributed by atoms with Crippen LogP contribution in [-0.2, 0) is 16.0 Å². The van der Waals surface area contributed by atoms with Crippen LogP contribution in [0, 0.1) is 0 Å². The van der Waals surface area contributed by atoms with Crippen molar-refractivity contribution in [1.82, 2.24) is 15.3 Å². The van der Waals surface area contributed by atoms with Gasteiger partial charge in [-0.1, -0.05) is 0 Å². The lowest BCUT2D eigenvalue weighted by molar-refractivity contribution is -0.150. The number of aromatic amines is 1. The smallest absolute Gasteiger partial charge is 0.251 e. The molecule has 1 aromatic rings. The summed E-state index contributed by atoms with van der Waals surface area (Å²) in [5, 5.41) is 2.91. The van der Waals surface area contributed by atoms with E-state index in [-0.39, 0.29) is 5.91 Å². The van der Waals surface area contributed by atoms with Gasteiger partial charge in [-0.05, 0) is 26.2 Å². The molecule has 1 unspecified atom stereocenters. The summed E-state index contributed by atoms with van der Waals surface area (Å²) in [7, 11) is 0. The molecule has 0 bridgehead atoms. The Labute approximate surface area is 101 Å². The van der Waals surface area contributed by atoms with E-state index >= 15 is 0 Å². The van der Waals surface area contributed by atoms with Crippen molar-refractivity contribution in [2.45, 2.75) is 38.2 Å². The molecule has 1 aliphatic heterocycles. The average Bonchev–Trinajstić information content (AvgIpc) is 2.83. The highest BCUT2D eigenvalue weighted by molar-refractivity contribution is 5.84. The van der Waals surface area contributed by atoms with Crippen LogP contribution in [-0.4, -0.2) is 34.6 Å². The zero-order valence-corrected chi connectivity index (χ0v) is 10.2. The van der Waals surface area contributed by atoms with Gasteiger partial charge in [0, 0.05) is 32.0 Å². The van der Waals surface area contributed by atoms with Crippen LogP contribution in [0.1, 0.15) is 32.0 Å². The maximum atomic E-state index is 12.0. The standard InChI is InChI=1S/C12H19N3O2/c1-12(5-2-3-9-17-12)11(16)15-6-4-10-13-7-8-14-10/h7-8H,2-6,9H2,1H3,(H,13,14)(H,15,16). The number of H-pyrrole nitrogens is 1. The van der Waals surface area contributed by atoms with E-state index in [2.05, 4.69) is 15.3 Å². The Balaban J connectivity index is 1.76. The highest BCUT2D eigenvalue weighted by Crippen LogP contribution is 2.24. The second-order valence-electron chi connectivity index (χ2n) is 4.58. The van der Waals surface area contributed by atoms with Crippen LogP contribution in [0.5, 0.6) is 0 Å². The summed E-state index contributed by atoms with van der Waals surface area (Å²) in [5.74, 6) is 0.878. The molecule has 1 atom stereocenters. The number of carbonyl (C=O) groups is 1. The Morgan fingerprint density at radius 1 is 1.65 bits per heavy atom. The minimum absolute atomic E-state index is 0.0104. The first-order valence-electron chi connectivity index (χ1n) is 6.11. The van der Waals surface area contributed by atoms with Gasteiger partial charge in [0.25, 0.3) is 5.91 Å². The second-order valence-corrected chi connectivity index (χ2v) is 4.58. The number of nitrogens with zero attached hydrogens (tertiary/aromatic N) is 1. The summed E-state index contributed by atoms with van der Waals surface area (Å²) in [5.41, 5.74) is -0.637. The van der Waals surface area contributed by atoms with Gasteiger partial charge in [0.2, 0.25) is 0 Å². The summed E-state index contributed by atoms with van der Waals surface area (Å²) in [6.45, 7) is 3.14. The van der Waals surface area contributed by atoms with Crippen LogP contribution in [0.15, 0.2) is 12.4 Å². The lowest BCUT2D eigenvalue weighted by Gasteiger charge is -2.32. The van der Waals surface area contributed by atoms with Gasteiger partial charge in [0.1, 0.15) is 11.4 Å². The molecule has 1 aromatic heterocycles. The maximum Gasteiger partial charge on any atom is 0.251 e. The number of carbonyl (C=O) groups excluding carboxylic acids is 1. The van der Waals surface area contributed by atoms with E-state index < -0.39 is 5.60 Å². The van der Waals surface area contributed by atoms with E-state index in [1.54, 1.807) is 12.4 Å². The molecule has 0 aliphatic carbocycles. The van der Waals surface area contributed by atoms with E-state index in [9.17, 15) is 4.79 Å². The van der Waals surface area contributed by atoms with Crippen LogP contribution in [0.25, 0.3) is 0 Å². The van der Waals surface area contributed by atoms with Gasteiger partial charge in [0.15, 0.2) is 0 Å². The van der Waals surface area contributed by atoms with Crippen molar-refractivity contribution in [2.75, 3.05) is 13.2 Å². The molecule has 1 amide bonds. The zero-order valence-electron chi connectivity index (χ0n) is 10.2. The van der Waals surface area contributed by atoms with Gasteiger partial charge in [-0.2, -0.15) is 0 Å². The molecule has 1 aliphatic rings. The van der Waals surface area contributed by atoms with E-state index in [4.69, 9.17) is 4.74 Å². The molecule has 2 N–H and O–H groups in total. The number of hydrogen-bond acceptors (Lipinski definition) is 3. The van der Waals surface area contributed by atoms with E-state index in [0.717, 1.165) is 31.5 Å². The molecular weight excluding hydrogens is 218 g/mol. The van der Waals surface area contributed by atoms with E-state index in [1.807, 2.05) is 6.92 Å². The molecule has 94 valence electrons. The van der Waals surface area contributed by atoms with E-state index in [1.165, 1.54) is 0 Å². The van der Waals surface area contributed by atoms with Gasteiger partial charge >= 0.3 is 0 Å². The Morgan fingerprint density at radius 3 is 3.18 bits per heavy atom. The lowest BCUT2D eigenvalue weighted by atomic mass is 9.95. The number of imidazole rings is 1. The summed E-state index contributed by atoms with van der Waals surface area (Å²) < 4.78 is 5.58. The van der Waals surface area contributed by atoms with Crippen molar-refractivity contribution >= 4 is 5.91 Å². The molecule has 5 heteroatoms. The first-order chi connectivity index (χ1) is 8.21. The highest BCUT2D eigenvalue weighted by Gasteiger charge is 2.35. The van der Waals surface area contributed by atoms with Crippen LogP contribution in [0.3, 0.4) is 0 Å². The van der Waals surface area contributed by atoms with Gasteiger partial charge in [-0.25, -0.2) is 4.98 Å². The number of aromatic nitrogens is 2. The topological polar surface area (TPSA) is 67.0 Å². The highest BCUT2D eigenvalue weighted by atomic mass is 16.5. The molecule has 17 heavy (non-hydrogen) atoms. The van der Waals surface area contributed by atoms with Crippen molar-refractivity contribution < 1.29 is 9.53 Å².